The van der Waals surface area contributed by atoms with E-state index in [1.807, 2.05) is 36.4 Å². The number of hydrogen-bond donors (Lipinski definition) is 1. The van der Waals surface area contributed by atoms with Crippen LogP contribution >= 0.6 is 0 Å². The molecule has 0 bridgehead atoms. The second kappa shape index (κ2) is 9.01. The molecule has 2 aromatic heterocycles. The summed E-state index contributed by atoms with van der Waals surface area (Å²) in [5.41, 5.74) is 2.05. The first-order chi connectivity index (χ1) is 17.2. The Morgan fingerprint density at radius 2 is 1.86 bits per heavy atom. The van der Waals surface area contributed by atoms with Crippen LogP contribution in [0.4, 0.5) is 0 Å². The van der Waals surface area contributed by atoms with Crippen molar-refractivity contribution in [2.45, 2.75) is 12.6 Å². The van der Waals surface area contributed by atoms with Crippen molar-refractivity contribution in [2.24, 2.45) is 0 Å². The number of rotatable bonds is 6. The van der Waals surface area contributed by atoms with Crippen LogP contribution in [0.15, 0.2) is 47.3 Å². The van der Waals surface area contributed by atoms with Crippen LogP contribution in [-0.4, -0.2) is 70.3 Å². The molecule has 180 valence electrons. The number of H-pyrrole nitrogens is 1. The number of hydrogen-bond acceptors (Lipinski definition) is 9. The third-order valence-electron chi connectivity index (χ3n) is 6.37. The molecule has 35 heavy (non-hydrogen) atoms. The Kier molecular flexibility index (Phi) is 5.55. The van der Waals surface area contributed by atoms with Crippen LogP contribution in [0.3, 0.4) is 0 Å². The number of methoxy groups -OCH3 is 1. The molecule has 1 fully saturated rings. The topological polar surface area (TPSA) is 117 Å². The van der Waals surface area contributed by atoms with E-state index in [4.69, 9.17) is 18.9 Å². The van der Waals surface area contributed by atoms with Crippen LogP contribution < -0.4 is 19.8 Å². The Balaban J connectivity index is 1.43. The third-order valence-corrected chi connectivity index (χ3v) is 6.37. The molecule has 11 heteroatoms. The van der Waals surface area contributed by atoms with Crippen LogP contribution in [0.5, 0.6) is 17.2 Å². The van der Waals surface area contributed by atoms with E-state index >= 15 is 0 Å². The van der Waals surface area contributed by atoms with Crippen molar-refractivity contribution in [3.05, 3.63) is 69.8 Å². The van der Waals surface area contributed by atoms with Gasteiger partial charge in [-0.1, -0.05) is 12.1 Å². The van der Waals surface area contributed by atoms with Gasteiger partial charge >= 0.3 is 0 Å². The molecule has 1 N–H and O–H groups in total. The Labute approximate surface area is 200 Å². The SMILES string of the molecule is COc1ccc(Cn2nnnc2[C@H](c2cc3cc4c(cc3[nH]c2=O)OCO4)N2CCOCC2)cc1. The lowest BCUT2D eigenvalue weighted by Gasteiger charge is -2.33. The van der Waals surface area contributed by atoms with Gasteiger partial charge in [0.25, 0.3) is 5.56 Å². The molecular formula is C24H24N6O5. The maximum Gasteiger partial charge on any atom is 0.253 e. The van der Waals surface area contributed by atoms with Crippen molar-refractivity contribution in [1.29, 1.82) is 0 Å². The predicted molar refractivity (Wildman–Crippen MR) is 125 cm³/mol. The quantitative estimate of drug-likeness (QED) is 0.444. The Morgan fingerprint density at radius 3 is 2.63 bits per heavy atom. The summed E-state index contributed by atoms with van der Waals surface area (Å²) in [5, 5.41) is 13.4. The van der Waals surface area contributed by atoms with Gasteiger partial charge in [-0.2, -0.15) is 0 Å². The number of pyridine rings is 1. The lowest BCUT2D eigenvalue weighted by Crippen LogP contribution is -2.42. The lowest BCUT2D eigenvalue weighted by molar-refractivity contribution is 0.0214. The highest BCUT2D eigenvalue weighted by Crippen LogP contribution is 2.36. The maximum atomic E-state index is 13.4. The van der Waals surface area contributed by atoms with Gasteiger partial charge in [-0.15, -0.1) is 5.10 Å². The predicted octanol–water partition coefficient (Wildman–Crippen LogP) is 1.72. The zero-order valence-corrected chi connectivity index (χ0v) is 19.1. The van der Waals surface area contributed by atoms with Gasteiger partial charge in [0.05, 0.1) is 32.4 Å². The second-order valence-electron chi connectivity index (χ2n) is 8.44. The second-order valence-corrected chi connectivity index (χ2v) is 8.44. The molecule has 1 atom stereocenters. The highest BCUT2D eigenvalue weighted by Gasteiger charge is 2.32. The van der Waals surface area contributed by atoms with Gasteiger partial charge in [-0.05, 0) is 40.3 Å². The van der Waals surface area contributed by atoms with Gasteiger partial charge in [-0.3, -0.25) is 9.69 Å². The van der Waals surface area contributed by atoms with E-state index in [0.717, 1.165) is 16.7 Å². The normalized spacial score (nSPS) is 16.5. The first-order valence-electron chi connectivity index (χ1n) is 11.4. The summed E-state index contributed by atoms with van der Waals surface area (Å²) in [6, 6.07) is 12.9. The summed E-state index contributed by atoms with van der Waals surface area (Å²) in [6.07, 6.45) is 0. The average Bonchev–Trinajstić information content (AvgIpc) is 3.54. The number of tetrazole rings is 1. The number of aromatic amines is 1. The monoisotopic (exact) mass is 476 g/mol. The van der Waals surface area contributed by atoms with Crippen LogP contribution in [0, 0.1) is 0 Å². The number of benzene rings is 2. The minimum Gasteiger partial charge on any atom is -0.497 e. The smallest absolute Gasteiger partial charge is 0.253 e. The Hall–Kier alpha value is -3.96. The molecule has 2 aromatic carbocycles. The van der Waals surface area contributed by atoms with Gasteiger partial charge in [0.1, 0.15) is 11.8 Å². The van der Waals surface area contributed by atoms with Crippen molar-refractivity contribution < 1.29 is 18.9 Å². The van der Waals surface area contributed by atoms with Gasteiger partial charge in [0.2, 0.25) is 6.79 Å². The van der Waals surface area contributed by atoms with E-state index in [-0.39, 0.29) is 12.4 Å². The van der Waals surface area contributed by atoms with Gasteiger partial charge < -0.3 is 23.9 Å². The fourth-order valence-electron chi connectivity index (χ4n) is 4.57. The molecule has 0 amide bonds. The lowest BCUT2D eigenvalue weighted by atomic mass is 10.0. The highest BCUT2D eigenvalue weighted by atomic mass is 16.7. The molecule has 11 nitrogen and oxygen atoms in total. The van der Waals surface area contributed by atoms with Crippen molar-refractivity contribution in [3.8, 4) is 17.2 Å². The summed E-state index contributed by atoms with van der Waals surface area (Å²) in [7, 11) is 1.63. The van der Waals surface area contributed by atoms with E-state index < -0.39 is 6.04 Å². The highest BCUT2D eigenvalue weighted by molar-refractivity contribution is 5.83. The van der Waals surface area contributed by atoms with Crippen LogP contribution in [0.25, 0.3) is 10.9 Å². The standard InChI is InChI=1S/C24H24N6O5/c1-32-17-4-2-15(3-5-17)13-30-23(26-27-28-30)22(29-6-8-33-9-7-29)18-10-16-11-20-21(35-14-34-20)12-19(16)25-24(18)31/h2-5,10-12,22H,6-9,13-14H2,1H3,(H,25,31)/t22-/m0/s1. The number of fused-ring (bicyclic) bond motifs is 2. The Morgan fingerprint density at radius 1 is 1.09 bits per heavy atom. The molecule has 2 aliphatic heterocycles. The van der Waals surface area contributed by atoms with E-state index in [1.54, 1.807) is 17.9 Å². The fourth-order valence-corrected chi connectivity index (χ4v) is 4.57. The number of aromatic nitrogens is 5. The summed E-state index contributed by atoms with van der Waals surface area (Å²) in [6.45, 7) is 3.06. The molecule has 0 aliphatic carbocycles. The maximum absolute atomic E-state index is 13.4. The molecule has 4 aromatic rings. The largest absolute Gasteiger partial charge is 0.497 e. The number of morpholine rings is 1. The molecule has 0 spiro atoms. The molecule has 0 saturated carbocycles. The molecule has 4 heterocycles. The van der Waals surface area contributed by atoms with Crippen molar-refractivity contribution in [1.82, 2.24) is 30.1 Å². The number of ether oxygens (including phenoxy) is 4. The van der Waals surface area contributed by atoms with E-state index in [0.29, 0.717) is 61.3 Å². The van der Waals surface area contributed by atoms with Crippen molar-refractivity contribution in [2.75, 3.05) is 40.2 Å². The minimum atomic E-state index is -0.453. The van der Waals surface area contributed by atoms with E-state index in [9.17, 15) is 4.79 Å². The Bertz CT molecular complexity index is 1410. The molecule has 0 radical (unpaired) electrons. The third kappa shape index (κ3) is 4.08. The van der Waals surface area contributed by atoms with E-state index in [2.05, 4.69) is 25.4 Å². The van der Waals surface area contributed by atoms with Crippen molar-refractivity contribution in [3.63, 3.8) is 0 Å². The molecule has 6 rings (SSSR count). The number of nitrogens with one attached hydrogen (secondary N) is 1. The van der Waals surface area contributed by atoms with Crippen LogP contribution in [0.1, 0.15) is 23.0 Å². The number of nitrogens with zero attached hydrogens (tertiary/aromatic N) is 5. The summed E-state index contributed by atoms with van der Waals surface area (Å²) >= 11 is 0. The summed E-state index contributed by atoms with van der Waals surface area (Å²) < 4.78 is 23.6. The average molecular weight is 476 g/mol. The van der Waals surface area contributed by atoms with Crippen LogP contribution in [0.2, 0.25) is 0 Å². The summed E-state index contributed by atoms with van der Waals surface area (Å²) in [5.74, 6) is 2.64. The fraction of sp³-hybridized carbons (Fsp3) is 0.333. The summed E-state index contributed by atoms with van der Waals surface area (Å²) in [4.78, 5) is 18.6. The van der Waals surface area contributed by atoms with Gasteiger partial charge in [0, 0.05) is 30.1 Å². The minimum absolute atomic E-state index is 0.166. The van der Waals surface area contributed by atoms with Gasteiger partial charge in [-0.25, -0.2) is 4.68 Å². The van der Waals surface area contributed by atoms with Crippen LogP contribution in [-0.2, 0) is 11.3 Å². The first-order valence-corrected chi connectivity index (χ1v) is 11.4. The molecule has 2 aliphatic rings. The van der Waals surface area contributed by atoms with Gasteiger partial charge in [0.15, 0.2) is 17.3 Å². The molecule has 1 saturated heterocycles. The molecule has 0 unspecified atom stereocenters. The van der Waals surface area contributed by atoms with E-state index in [1.165, 1.54) is 0 Å². The first kappa shape index (κ1) is 21.6. The van der Waals surface area contributed by atoms with Crippen molar-refractivity contribution >= 4 is 10.9 Å². The zero-order valence-electron chi connectivity index (χ0n) is 19.1. The molecular weight excluding hydrogens is 452 g/mol. The zero-order chi connectivity index (χ0) is 23.8.